The van der Waals surface area contributed by atoms with E-state index in [1.165, 1.54) is 18.2 Å². The van der Waals surface area contributed by atoms with Crippen molar-refractivity contribution in [3.63, 3.8) is 0 Å². The fourth-order valence-electron chi connectivity index (χ4n) is 3.83. The molecule has 0 spiro atoms. The number of nitrogens with zero attached hydrogens (tertiary/aromatic N) is 2. The fraction of sp³-hybridized carbons (Fsp3) is 0.222. The number of hydrogen-bond donors (Lipinski definition) is 1. The van der Waals surface area contributed by atoms with Crippen LogP contribution in [0, 0.1) is 26.1 Å². The Morgan fingerprint density at radius 1 is 0.960 bits per heavy atom. The highest BCUT2D eigenvalue weighted by atomic mass is 16.6. The predicted molar refractivity (Wildman–Crippen MR) is 92.5 cm³/mol. The second kappa shape index (κ2) is 5.70. The second-order valence-corrected chi connectivity index (χ2v) is 6.35. The van der Waals surface area contributed by atoms with Crippen LogP contribution < -0.4 is 5.32 Å². The Balaban J connectivity index is 1.74. The molecule has 1 aliphatic carbocycles. The molecule has 126 valence electrons. The summed E-state index contributed by atoms with van der Waals surface area (Å²) < 4.78 is 0. The Labute approximate surface area is 143 Å². The van der Waals surface area contributed by atoms with Crippen LogP contribution in [0.5, 0.6) is 0 Å². The summed E-state index contributed by atoms with van der Waals surface area (Å²) in [5.41, 5.74) is 2.86. The Bertz CT molecular complexity index is 892. The van der Waals surface area contributed by atoms with Gasteiger partial charge < -0.3 is 5.32 Å². The minimum Gasteiger partial charge on any atom is -0.377 e. The van der Waals surface area contributed by atoms with Gasteiger partial charge in [0.05, 0.1) is 15.9 Å². The first-order valence-corrected chi connectivity index (χ1v) is 8.00. The Morgan fingerprint density at radius 2 is 1.64 bits per heavy atom. The molecule has 1 N–H and O–H groups in total. The average molecular weight is 337 g/mol. The molecule has 0 radical (unpaired) electrons. The lowest BCUT2D eigenvalue weighted by Gasteiger charge is -2.37. The van der Waals surface area contributed by atoms with Crippen molar-refractivity contribution in [1.29, 1.82) is 0 Å². The van der Waals surface area contributed by atoms with Crippen LogP contribution in [0.1, 0.15) is 29.5 Å². The number of nitrogens with one attached hydrogen (secondary N) is 1. The number of allylic oxidation sites excluding steroid dienone is 2. The maximum Gasteiger partial charge on any atom is 0.271 e. The highest BCUT2D eigenvalue weighted by Gasteiger charge is 2.38. The summed E-state index contributed by atoms with van der Waals surface area (Å²) in [6.07, 6.45) is 5.18. The number of hydrogen-bond acceptors (Lipinski definition) is 5. The highest BCUT2D eigenvalue weighted by molar-refractivity contribution is 5.63. The molecule has 7 heteroatoms. The number of fused-ring (bicyclic) bond motifs is 3. The molecular weight excluding hydrogens is 322 g/mol. The van der Waals surface area contributed by atoms with Crippen LogP contribution in [-0.4, -0.2) is 9.85 Å². The topological polar surface area (TPSA) is 98.3 Å². The average Bonchev–Trinajstić information content (AvgIpc) is 3.10. The summed E-state index contributed by atoms with van der Waals surface area (Å²) in [4.78, 5) is 21.1. The van der Waals surface area contributed by atoms with Crippen molar-refractivity contribution in [2.45, 2.75) is 18.4 Å². The molecule has 4 rings (SSSR count). The van der Waals surface area contributed by atoms with E-state index in [2.05, 4.69) is 17.5 Å². The van der Waals surface area contributed by atoms with Crippen LogP contribution in [0.3, 0.4) is 0 Å². The Hall–Kier alpha value is -3.22. The summed E-state index contributed by atoms with van der Waals surface area (Å²) in [7, 11) is 0. The van der Waals surface area contributed by atoms with Crippen LogP contribution in [0.4, 0.5) is 17.1 Å². The normalized spacial score (nSPS) is 23.4. The van der Waals surface area contributed by atoms with Crippen molar-refractivity contribution in [1.82, 2.24) is 0 Å². The van der Waals surface area contributed by atoms with Gasteiger partial charge in [-0.15, -0.1) is 0 Å². The molecule has 0 bridgehead atoms. The van der Waals surface area contributed by atoms with Gasteiger partial charge in [-0.1, -0.05) is 24.3 Å². The van der Waals surface area contributed by atoms with Crippen molar-refractivity contribution >= 4 is 17.1 Å². The molecule has 2 aliphatic rings. The lowest BCUT2D eigenvalue weighted by atomic mass is 9.77. The molecule has 0 saturated carbocycles. The number of nitro groups is 2. The van der Waals surface area contributed by atoms with Crippen molar-refractivity contribution in [3.8, 4) is 0 Å². The summed E-state index contributed by atoms with van der Waals surface area (Å²) in [6.45, 7) is 0. The lowest BCUT2D eigenvalue weighted by Crippen LogP contribution is -2.29. The van der Waals surface area contributed by atoms with E-state index in [-0.39, 0.29) is 29.3 Å². The third kappa shape index (κ3) is 2.53. The molecule has 0 aromatic heterocycles. The van der Waals surface area contributed by atoms with Crippen LogP contribution in [-0.2, 0) is 0 Å². The van der Waals surface area contributed by atoms with Crippen LogP contribution in [0.25, 0.3) is 0 Å². The summed E-state index contributed by atoms with van der Waals surface area (Å²) >= 11 is 0. The van der Waals surface area contributed by atoms with Gasteiger partial charge in [-0.25, -0.2) is 0 Å². The van der Waals surface area contributed by atoms with Gasteiger partial charge in [0, 0.05) is 35.9 Å². The molecule has 3 atom stereocenters. The van der Waals surface area contributed by atoms with E-state index in [4.69, 9.17) is 0 Å². The Morgan fingerprint density at radius 3 is 2.32 bits per heavy atom. The summed E-state index contributed by atoms with van der Waals surface area (Å²) in [6, 6.07) is 11.4. The molecule has 2 aromatic carbocycles. The van der Waals surface area contributed by atoms with Gasteiger partial charge in [-0.2, -0.15) is 0 Å². The molecule has 7 nitrogen and oxygen atoms in total. The standard InChI is InChI=1S/C18H15N3O4/c22-20(23)12-6-4-11(5-7-12)18-16-3-1-2-14(16)15-9-8-13(21(24)25)10-17(15)19-18/h1-2,4-10,14,16,18-19H,3H2. The first kappa shape index (κ1) is 15.3. The minimum absolute atomic E-state index is 0.0460. The first-order valence-electron chi connectivity index (χ1n) is 8.00. The number of benzene rings is 2. The molecule has 25 heavy (non-hydrogen) atoms. The zero-order valence-electron chi connectivity index (χ0n) is 13.2. The fourth-order valence-corrected chi connectivity index (χ4v) is 3.83. The molecular formula is C18H15N3O4. The maximum atomic E-state index is 11.1. The largest absolute Gasteiger partial charge is 0.377 e. The number of rotatable bonds is 3. The number of non-ortho nitro benzene ring substituents is 2. The van der Waals surface area contributed by atoms with E-state index in [0.717, 1.165) is 23.2 Å². The van der Waals surface area contributed by atoms with Crippen molar-refractivity contribution < 1.29 is 9.85 Å². The molecule has 1 aliphatic heterocycles. The maximum absolute atomic E-state index is 11.1. The van der Waals surface area contributed by atoms with E-state index in [0.29, 0.717) is 0 Å². The molecule has 2 aromatic rings. The van der Waals surface area contributed by atoms with Crippen molar-refractivity contribution in [2.24, 2.45) is 5.92 Å². The smallest absolute Gasteiger partial charge is 0.271 e. The van der Waals surface area contributed by atoms with Gasteiger partial charge in [0.15, 0.2) is 0 Å². The quantitative estimate of drug-likeness (QED) is 0.510. The van der Waals surface area contributed by atoms with Gasteiger partial charge in [-0.05, 0) is 29.5 Å². The highest BCUT2D eigenvalue weighted by Crippen LogP contribution is 2.50. The molecule has 3 unspecified atom stereocenters. The van der Waals surface area contributed by atoms with Crippen LogP contribution in [0.15, 0.2) is 54.6 Å². The van der Waals surface area contributed by atoms with Crippen molar-refractivity contribution in [2.75, 3.05) is 5.32 Å². The molecule has 0 amide bonds. The zero-order valence-corrected chi connectivity index (χ0v) is 13.2. The van der Waals surface area contributed by atoms with Crippen molar-refractivity contribution in [3.05, 3.63) is 86.0 Å². The molecule has 1 heterocycles. The summed E-state index contributed by atoms with van der Waals surface area (Å²) in [5, 5.41) is 25.3. The van der Waals surface area contributed by atoms with Crippen LogP contribution >= 0.6 is 0 Å². The first-order chi connectivity index (χ1) is 12.0. The van der Waals surface area contributed by atoms with E-state index >= 15 is 0 Å². The van der Waals surface area contributed by atoms with E-state index < -0.39 is 9.85 Å². The third-order valence-corrected chi connectivity index (χ3v) is 5.02. The van der Waals surface area contributed by atoms with E-state index in [1.807, 2.05) is 6.07 Å². The van der Waals surface area contributed by atoms with Gasteiger partial charge in [0.2, 0.25) is 0 Å². The lowest BCUT2D eigenvalue weighted by molar-refractivity contribution is -0.385. The minimum atomic E-state index is -0.420. The molecule has 0 saturated heterocycles. The third-order valence-electron chi connectivity index (χ3n) is 5.02. The summed E-state index contributed by atoms with van der Waals surface area (Å²) in [5.74, 6) is 0.479. The SMILES string of the molecule is O=[N+]([O-])c1ccc(C2Nc3cc([N+](=O)[O-])ccc3C3C=CCC32)cc1. The van der Waals surface area contributed by atoms with Gasteiger partial charge in [0.1, 0.15) is 0 Å². The number of anilines is 1. The van der Waals surface area contributed by atoms with Crippen LogP contribution in [0.2, 0.25) is 0 Å². The van der Waals surface area contributed by atoms with Gasteiger partial charge in [-0.3, -0.25) is 20.2 Å². The monoisotopic (exact) mass is 337 g/mol. The second-order valence-electron chi connectivity index (χ2n) is 6.35. The van der Waals surface area contributed by atoms with E-state index in [1.54, 1.807) is 18.2 Å². The predicted octanol–water partition coefficient (Wildman–Crippen LogP) is 4.33. The Kier molecular flexibility index (Phi) is 3.49. The zero-order chi connectivity index (χ0) is 17.6. The number of nitro benzene ring substituents is 2. The van der Waals surface area contributed by atoms with Gasteiger partial charge in [0.25, 0.3) is 11.4 Å². The molecule has 0 fully saturated rings. The van der Waals surface area contributed by atoms with Gasteiger partial charge >= 0.3 is 0 Å². The van der Waals surface area contributed by atoms with E-state index in [9.17, 15) is 20.2 Å².